The van der Waals surface area contributed by atoms with Crippen molar-refractivity contribution < 1.29 is 13.2 Å². The van der Waals surface area contributed by atoms with Crippen LogP contribution in [0.2, 0.25) is 4.47 Å². The molecule has 0 atom stereocenters. The van der Waals surface area contributed by atoms with Crippen LogP contribution in [0, 0.1) is 0 Å². The van der Waals surface area contributed by atoms with Gasteiger partial charge in [0.05, 0.1) is 15.8 Å². The number of alkyl halides is 3. The molecule has 14 heavy (non-hydrogen) atoms. The molecule has 0 unspecified atom stereocenters. The van der Waals surface area contributed by atoms with Gasteiger partial charge in [0.2, 0.25) is 0 Å². The predicted octanol–water partition coefficient (Wildman–Crippen LogP) is 3.97. The highest BCUT2D eigenvalue weighted by atomic mass is 35.5. The van der Waals surface area contributed by atoms with E-state index in [1.807, 2.05) is 0 Å². The van der Waals surface area contributed by atoms with Crippen LogP contribution in [-0.4, -0.2) is 4.98 Å². The molecule has 1 aromatic carbocycles. The fourth-order valence-electron chi connectivity index (χ4n) is 1.15. The highest BCUT2D eigenvalue weighted by Gasteiger charge is 2.33. The number of hydrogen-bond donors (Lipinski definition) is 0. The van der Waals surface area contributed by atoms with Crippen LogP contribution in [-0.2, 0) is 6.18 Å². The minimum absolute atomic E-state index is 0.0741. The third-order valence-electron chi connectivity index (χ3n) is 1.70. The summed E-state index contributed by atoms with van der Waals surface area (Å²) < 4.78 is 37.9. The van der Waals surface area contributed by atoms with Crippen LogP contribution >= 0.6 is 22.9 Å². The number of hydrogen-bond acceptors (Lipinski definition) is 2. The lowest BCUT2D eigenvalue weighted by Gasteiger charge is -2.05. The molecule has 74 valence electrons. The Morgan fingerprint density at radius 2 is 2.00 bits per heavy atom. The molecule has 0 aliphatic rings. The zero-order valence-electron chi connectivity index (χ0n) is 6.60. The van der Waals surface area contributed by atoms with Crippen molar-refractivity contribution in [1.82, 2.24) is 4.98 Å². The molecule has 0 aliphatic carbocycles. The first-order valence-corrected chi connectivity index (χ1v) is 4.80. The molecule has 0 bridgehead atoms. The number of rotatable bonds is 0. The van der Waals surface area contributed by atoms with Crippen molar-refractivity contribution in [2.45, 2.75) is 6.18 Å². The van der Waals surface area contributed by atoms with E-state index in [2.05, 4.69) is 4.98 Å². The van der Waals surface area contributed by atoms with Gasteiger partial charge in [-0.3, -0.25) is 0 Å². The predicted molar refractivity (Wildman–Crippen MR) is 49.6 cm³/mol. The maximum Gasteiger partial charge on any atom is 0.418 e. The normalized spacial score (nSPS) is 12.3. The lowest BCUT2D eigenvalue weighted by atomic mass is 10.2. The van der Waals surface area contributed by atoms with Crippen LogP contribution in [0.15, 0.2) is 18.2 Å². The van der Waals surface area contributed by atoms with Crippen LogP contribution < -0.4 is 0 Å². The second kappa shape index (κ2) is 3.10. The van der Waals surface area contributed by atoms with E-state index in [9.17, 15) is 13.2 Å². The van der Waals surface area contributed by atoms with Crippen LogP contribution in [0.5, 0.6) is 0 Å². The molecule has 0 N–H and O–H groups in total. The second-order valence-corrected chi connectivity index (χ2v) is 4.23. The molecule has 0 spiro atoms. The SMILES string of the molecule is FC(F)(F)c1cccc2sc(Cl)nc12. The Kier molecular flexibility index (Phi) is 2.16. The number of halogens is 4. The van der Waals surface area contributed by atoms with Crippen LogP contribution in [0.4, 0.5) is 13.2 Å². The van der Waals surface area contributed by atoms with Gasteiger partial charge in [-0.15, -0.1) is 11.3 Å². The molecule has 2 rings (SSSR count). The summed E-state index contributed by atoms with van der Waals surface area (Å²) in [5.41, 5.74) is -0.812. The summed E-state index contributed by atoms with van der Waals surface area (Å²) in [7, 11) is 0. The Balaban J connectivity index is 2.77. The van der Waals surface area contributed by atoms with E-state index in [-0.39, 0.29) is 9.98 Å². The van der Waals surface area contributed by atoms with Crippen molar-refractivity contribution in [1.29, 1.82) is 0 Å². The summed E-state index contributed by atoms with van der Waals surface area (Å²) in [4.78, 5) is 3.64. The molecule has 0 radical (unpaired) electrons. The van der Waals surface area contributed by atoms with Crippen molar-refractivity contribution in [2.24, 2.45) is 0 Å². The molecular formula is C8H3ClF3NS. The first-order valence-electron chi connectivity index (χ1n) is 3.61. The number of benzene rings is 1. The number of aromatic nitrogens is 1. The molecule has 6 heteroatoms. The summed E-state index contributed by atoms with van der Waals surface area (Å²) in [5.74, 6) is 0. The van der Waals surface area contributed by atoms with Crippen molar-refractivity contribution >= 4 is 33.2 Å². The van der Waals surface area contributed by atoms with Crippen molar-refractivity contribution in [2.75, 3.05) is 0 Å². The van der Waals surface area contributed by atoms with Gasteiger partial charge in [-0.05, 0) is 12.1 Å². The highest BCUT2D eigenvalue weighted by Crippen LogP contribution is 2.37. The van der Waals surface area contributed by atoms with Gasteiger partial charge in [-0.1, -0.05) is 17.7 Å². The Bertz CT molecular complexity index is 477. The number of fused-ring (bicyclic) bond motifs is 1. The molecule has 1 heterocycles. The van der Waals surface area contributed by atoms with Crippen LogP contribution in [0.1, 0.15) is 5.56 Å². The number of para-hydroxylation sites is 1. The van der Waals surface area contributed by atoms with Crippen LogP contribution in [0.3, 0.4) is 0 Å². The third kappa shape index (κ3) is 1.57. The first kappa shape index (κ1) is 9.73. The zero-order valence-corrected chi connectivity index (χ0v) is 8.17. The Morgan fingerprint density at radius 3 is 2.64 bits per heavy atom. The van der Waals surface area contributed by atoms with Gasteiger partial charge >= 0.3 is 6.18 Å². The number of thiazole rings is 1. The summed E-state index contributed by atoms with van der Waals surface area (Å²) in [6.07, 6.45) is -4.38. The van der Waals surface area contributed by atoms with E-state index in [4.69, 9.17) is 11.6 Å². The highest BCUT2D eigenvalue weighted by molar-refractivity contribution is 7.22. The fraction of sp³-hybridized carbons (Fsp3) is 0.125. The van der Waals surface area contributed by atoms with Gasteiger partial charge in [-0.2, -0.15) is 13.2 Å². The fourth-order valence-corrected chi connectivity index (χ4v) is 2.20. The van der Waals surface area contributed by atoms with Crippen molar-refractivity contribution in [3.63, 3.8) is 0 Å². The van der Waals surface area contributed by atoms with Gasteiger partial charge in [0.1, 0.15) is 0 Å². The smallest absolute Gasteiger partial charge is 0.224 e. The van der Waals surface area contributed by atoms with Gasteiger partial charge in [0.15, 0.2) is 4.47 Å². The molecule has 0 aliphatic heterocycles. The van der Waals surface area contributed by atoms with Crippen molar-refractivity contribution in [3.8, 4) is 0 Å². The second-order valence-electron chi connectivity index (χ2n) is 2.62. The first-order chi connectivity index (χ1) is 6.48. The lowest BCUT2D eigenvalue weighted by molar-refractivity contribution is -0.136. The van der Waals surface area contributed by atoms with E-state index in [0.29, 0.717) is 4.70 Å². The Morgan fingerprint density at radius 1 is 1.29 bits per heavy atom. The summed E-state index contributed by atoms with van der Waals surface area (Å²) in [6, 6.07) is 3.91. The van der Waals surface area contributed by atoms with E-state index in [1.54, 1.807) is 6.07 Å². The van der Waals surface area contributed by atoms with Crippen LogP contribution in [0.25, 0.3) is 10.2 Å². The molecule has 1 aromatic heterocycles. The average molecular weight is 238 g/mol. The average Bonchev–Trinajstić information content (AvgIpc) is 2.41. The molecule has 0 amide bonds. The molecule has 0 saturated heterocycles. The molecule has 0 fully saturated rings. The standard InChI is InChI=1S/C8H3ClF3NS/c9-7-13-6-4(8(10,11)12)2-1-3-5(6)14-7/h1-3H. The summed E-state index contributed by atoms with van der Waals surface area (Å²) >= 11 is 6.58. The van der Waals surface area contributed by atoms with E-state index in [1.165, 1.54) is 6.07 Å². The summed E-state index contributed by atoms with van der Waals surface area (Å²) in [5, 5.41) is 0. The van der Waals surface area contributed by atoms with Gasteiger partial charge in [0, 0.05) is 0 Å². The van der Waals surface area contributed by atoms with E-state index in [0.717, 1.165) is 17.4 Å². The minimum atomic E-state index is -4.38. The van der Waals surface area contributed by atoms with E-state index < -0.39 is 11.7 Å². The maximum absolute atomic E-state index is 12.4. The van der Waals surface area contributed by atoms with Crippen molar-refractivity contribution in [3.05, 3.63) is 28.2 Å². The number of nitrogens with zero attached hydrogens (tertiary/aromatic N) is 1. The maximum atomic E-state index is 12.4. The van der Waals surface area contributed by atoms with Gasteiger partial charge in [0.25, 0.3) is 0 Å². The topological polar surface area (TPSA) is 12.9 Å². The van der Waals surface area contributed by atoms with E-state index >= 15 is 0 Å². The molecule has 2 aromatic rings. The Hall–Kier alpha value is -0.810. The molecule has 1 nitrogen and oxygen atoms in total. The van der Waals surface area contributed by atoms with Gasteiger partial charge < -0.3 is 0 Å². The summed E-state index contributed by atoms with van der Waals surface area (Å²) in [6.45, 7) is 0. The minimum Gasteiger partial charge on any atom is -0.224 e. The molecular weight excluding hydrogens is 235 g/mol. The monoisotopic (exact) mass is 237 g/mol. The quantitative estimate of drug-likeness (QED) is 0.676. The Labute approximate surface area is 86.1 Å². The third-order valence-corrected chi connectivity index (χ3v) is 2.82. The largest absolute Gasteiger partial charge is 0.418 e. The zero-order chi connectivity index (χ0) is 10.3. The lowest BCUT2D eigenvalue weighted by Crippen LogP contribution is -2.05. The van der Waals surface area contributed by atoms with Gasteiger partial charge in [-0.25, -0.2) is 4.98 Å². The molecule has 0 saturated carbocycles.